The Morgan fingerprint density at radius 1 is 1.10 bits per heavy atom. The molecule has 0 spiro atoms. The maximum atomic E-state index is 6.01. The lowest BCUT2D eigenvalue weighted by Gasteiger charge is -2.21. The molecule has 1 N–H and O–H groups in total. The number of rotatable bonds is 4. The number of hydrogen-bond acceptors (Lipinski definition) is 2. The zero-order chi connectivity index (χ0) is 15.5. The van der Waals surface area contributed by atoms with Crippen LogP contribution in [-0.4, -0.2) is 5.54 Å². The van der Waals surface area contributed by atoms with Crippen LogP contribution >= 0.6 is 27.5 Å². The summed E-state index contributed by atoms with van der Waals surface area (Å²) in [5, 5.41) is 4.15. The highest BCUT2D eigenvalue weighted by atomic mass is 79.9. The third-order valence-electron chi connectivity index (χ3n) is 2.90. The third kappa shape index (κ3) is 5.03. The molecule has 0 amide bonds. The van der Waals surface area contributed by atoms with Crippen LogP contribution in [0.5, 0.6) is 11.5 Å². The second kappa shape index (κ2) is 6.82. The average molecular weight is 369 g/mol. The van der Waals surface area contributed by atoms with E-state index in [1.807, 2.05) is 36.4 Å². The van der Waals surface area contributed by atoms with Gasteiger partial charge in [-0.3, -0.25) is 0 Å². The van der Waals surface area contributed by atoms with Gasteiger partial charge < -0.3 is 10.1 Å². The molecule has 4 heteroatoms. The predicted octanol–water partition coefficient (Wildman–Crippen LogP) is 5.78. The summed E-state index contributed by atoms with van der Waals surface area (Å²) < 4.78 is 6.86. The van der Waals surface area contributed by atoms with Crippen LogP contribution in [0.1, 0.15) is 26.3 Å². The molecule has 0 aromatic heterocycles. The molecule has 0 aliphatic carbocycles. The van der Waals surface area contributed by atoms with Crippen LogP contribution in [0.3, 0.4) is 0 Å². The van der Waals surface area contributed by atoms with Gasteiger partial charge in [0.15, 0.2) is 0 Å². The molecule has 2 aromatic rings. The van der Waals surface area contributed by atoms with E-state index in [2.05, 4.69) is 48.1 Å². The Morgan fingerprint density at radius 2 is 1.81 bits per heavy atom. The predicted molar refractivity (Wildman–Crippen MR) is 92.3 cm³/mol. The second-order valence-corrected chi connectivity index (χ2v) is 7.18. The van der Waals surface area contributed by atoms with E-state index in [9.17, 15) is 0 Å². The maximum Gasteiger partial charge on any atom is 0.141 e. The molecular weight excluding hydrogens is 350 g/mol. The molecule has 0 unspecified atom stereocenters. The Morgan fingerprint density at radius 3 is 2.48 bits per heavy atom. The molecule has 0 aliphatic rings. The van der Waals surface area contributed by atoms with Gasteiger partial charge in [0.1, 0.15) is 11.5 Å². The number of halogens is 2. The minimum Gasteiger partial charge on any atom is -0.456 e. The Bertz CT molecular complexity index is 622. The molecule has 2 nitrogen and oxygen atoms in total. The quantitative estimate of drug-likeness (QED) is 0.738. The number of hydrogen-bond donors (Lipinski definition) is 1. The molecule has 2 rings (SSSR count). The smallest absolute Gasteiger partial charge is 0.141 e. The van der Waals surface area contributed by atoms with E-state index in [1.54, 1.807) is 0 Å². The minimum atomic E-state index is 0.0635. The van der Waals surface area contributed by atoms with Gasteiger partial charge in [-0.05, 0) is 61.0 Å². The largest absolute Gasteiger partial charge is 0.456 e. The summed E-state index contributed by atoms with van der Waals surface area (Å²) in [6.07, 6.45) is 0. The summed E-state index contributed by atoms with van der Waals surface area (Å²) in [6, 6.07) is 13.5. The van der Waals surface area contributed by atoms with Gasteiger partial charge in [0, 0.05) is 22.7 Å². The highest BCUT2D eigenvalue weighted by Gasteiger charge is 2.12. The Kier molecular flexibility index (Phi) is 5.31. The fourth-order valence-corrected chi connectivity index (χ4v) is 2.55. The molecule has 0 saturated carbocycles. The monoisotopic (exact) mass is 367 g/mol. The van der Waals surface area contributed by atoms with Crippen LogP contribution in [0.25, 0.3) is 0 Å². The van der Waals surface area contributed by atoms with Crippen molar-refractivity contribution in [2.75, 3.05) is 0 Å². The first-order chi connectivity index (χ1) is 9.85. The Balaban J connectivity index is 2.20. The molecule has 0 radical (unpaired) electrons. The maximum absolute atomic E-state index is 6.01. The summed E-state index contributed by atoms with van der Waals surface area (Å²) in [6.45, 7) is 7.19. The molecule has 0 saturated heterocycles. The molecule has 0 heterocycles. The van der Waals surface area contributed by atoms with Crippen LogP contribution in [-0.2, 0) is 6.54 Å². The minimum absolute atomic E-state index is 0.0635. The fraction of sp³-hybridized carbons (Fsp3) is 0.294. The van der Waals surface area contributed by atoms with Crippen molar-refractivity contribution in [2.24, 2.45) is 0 Å². The SMILES string of the molecule is CC(C)(C)NCc1ccccc1Oc1ccc(Cl)cc1Br. The van der Waals surface area contributed by atoms with Crippen molar-refractivity contribution in [3.63, 3.8) is 0 Å². The topological polar surface area (TPSA) is 21.3 Å². The highest BCUT2D eigenvalue weighted by Crippen LogP contribution is 2.33. The molecule has 0 fully saturated rings. The molecular formula is C17H19BrClNO. The molecule has 0 bridgehead atoms. The second-order valence-electron chi connectivity index (χ2n) is 5.89. The zero-order valence-electron chi connectivity index (χ0n) is 12.4. The van der Waals surface area contributed by atoms with E-state index in [0.717, 1.165) is 28.1 Å². The number of ether oxygens (including phenoxy) is 1. The van der Waals surface area contributed by atoms with Gasteiger partial charge in [0.05, 0.1) is 4.47 Å². The molecule has 2 aromatic carbocycles. The summed E-state index contributed by atoms with van der Waals surface area (Å²) in [5.74, 6) is 1.60. The molecule has 0 aliphatic heterocycles. The lowest BCUT2D eigenvalue weighted by atomic mass is 10.1. The summed E-state index contributed by atoms with van der Waals surface area (Å²) in [7, 11) is 0. The van der Waals surface area contributed by atoms with Gasteiger partial charge in [-0.25, -0.2) is 0 Å². The summed E-state index contributed by atoms with van der Waals surface area (Å²) >= 11 is 9.43. The van der Waals surface area contributed by atoms with Gasteiger partial charge >= 0.3 is 0 Å². The Hall–Kier alpha value is -1.03. The van der Waals surface area contributed by atoms with Gasteiger partial charge in [-0.2, -0.15) is 0 Å². The first kappa shape index (κ1) is 16.3. The van der Waals surface area contributed by atoms with E-state index in [4.69, 9.17) is 16.3 Å². The Labute approximate surface area is 139 Å². The van der Waals surface area contributed by atoms with E-state index in [1.165, 1.54) is 0 Å². The van der Waals surface area contributed by atoms with Gasteiger partial charge in [0.2, 0.25) is 0 Å². The van der Waals surface area contributed by atoms with Crippen LogP contribution in [0.4, 0.5) is 0 Å². The highest BCUT2D eigenvalue weighted by molar-refractivity contribution is 9.10. The van der Waals surface area contributed by atoms with Crippen molar-refractivity contribution in [3.05, 3.63) is 57.5 Å². The van der Waals surface area contributed by atoms with Crippen molar-refractivity contribution in [1.82, 2.24) is 5.32 Å². The van der Waals surface area contributed by atoms with Crippen molar-refractivity contribution < 1.29 is 4.74 Å². The first-order valence-electron chi connectivity index (χ1n) is 6.81. The van der Waals surface area contributed by atoms with Crippen molar-refractivity contribution in [3.8, 4) is 11.5 Å². The van der Waals surface area contributed by atoms with Crippen LogP contribution < -0.4 is 10.1 Å². The van der Waals surface area contributed by atoms with E-state index < -0.39 is 0 Å². The van der Waals surface area contributed by atoms with Gasteiger partial charge in [-0.1, -0.05) is 29.8 Å². The fourth-order valence-electron chi connectivity index (χ4n) is 1.79. The van der Waals surface area contributed by atoms with Crippen LogP contribution in [0.15, 0.2) is 46.9 Å². The third-order valence-corrected chi connectivity index (χ3v) is 3.75. The summed E-state index contributed by atoms with van der Waals surface area (Å²) in [5.41, 5.74) is 1.18. The lowest BCUT2D eigenvalue weighted by Crippen LogP contribution is -2.35. The lowest BCUT2D eigenvalue weighted by molar-refractivity contribution is 0.414. The van der Waals surface area contributed by atoms with E-state index in [-0.39, 0.29) is 5.54 Å². The van der Waals surface area contributed by atoms with Crippen molar-refractivity contribution >= 4 is 27.5 Å². The number of nitrogens with one attached hydrogen (secondary N) is 1. The summed E-state index contributed by atoms with van der Waals surface area (Å²) in [4.78, 5) is 0. The van der Waals surface area contributed by atoms with Crippen LogP contribution in [0.2, 0.25) is 5.02 Å². The first-order valence-corrected chi connectivity index (χ1v) is 7.98. The molecule has 0 atom stereocenters. The number of benzene rings is 2. The standard InChI is InChI=1S/C17H19BrClNO/c1-17(2,3)20-11-12-6-4-5-7-15(12)21-16-9-8-13(19)10-14(16)18/h4-10,20H,11H2,1-3H3. The molecule has 112 valence electrons. The normalized spacial score (nSPS) is 11.5. The van der Waals surface area contributed by atoms with E-state index in [0.29, 0.717) is 5.02 Å². The zero-order valence-corrected chi connectivity index (χ0v) is 14.8. The van der Waals surface area contributed by atoms with E-state index >= 15 is 0 Å². The van der Waals surface area contributed by atoms with Crippen molar-refractivity contribution in [2.45, 2.75) is 32.9 Å². The van der Waals surface area contributed by atoms with Crippen LogP contribution in [0, 0.1) is 0 Å². The average Bonchev–Trinajstić information content (AvgIpc) is 2.40. The van der Waals surface area contributed by atoms with Crippen molar-refractivity contribution in [1.29, 1.82) is 0 Å². The van der Waals surface area contributed by atoms with Gasteiger partial charge in [0.25, 0.3) is 0 Å². The molecule has 21 heavy (non-hydrogen) atoms. The van der Waals surface area contributed by atoms with Gasteiger partial charge in [-0.15, -0.1) is 0 Å². The number of para-hydroxylation sites is 1.